The van der Waals surface area contributed by atoms with Crippen LogP contribution in [0, 0.1) is 12.7 Å². The molecule has 5 nitrogen and oxygen atoms in total. The lowest BCUT2D eigenvalue weighted by molar-refractivity contribution is 0.0673. The lowest BCUT2D eigenvalue weighted by atomic mass is 10.2. The molecule has 19 heavy (non-hydrogen) atoms. The largest absolute Gasteiger partial charge is 0.333 e. The van der Waals surface area contributed by atoms with Crippen molar-refractivity contribution in [1.29, 1.82) is 0 Å². The number of carbonyl (C=O) groups is 1. The Morgan fingerprint density at radius 3 is 2.84 bits per heavy atom. The zero-order valence-electron chi connectivity index (χ0n) is 11.7. The maximum absolute atomic E-state index is 13.8. The van der Waals surface area contributed by atoms with Crippen LogP contribution in [0.4, 0.5) is 4.39 Å². The number of carbonyl (C=O) groups excluding carboxylic acids is 1. The summed E-state index contributed by atoms with van der Waals surface area (Å²) in [5.41, 5.74) is 0.226. The predicted octanol–water partition coefficient (Wildman–Crippen LogP) is 1.41. The summed E-state index contributed by atoms with van der Waals surface area (Å²) in [6, 6.07) is 0.161. The van der Waals surface area contributed by atoms with Crippen molar-refractivity contribution in [3.63, 3.8) is 0 Å². The molecule has 106 valence electrons. The van der Waals surface area contributed by atoms with Crippen LogP contribution in [0.5, 0.6) is 0 Å². The monoisotopic (exact) mass is 268 g/mol. The minimum Gasteiger partial charge on any atom is -0.333 e. The molecular formula is C13H21FN4O. The van der Waals surface area contributed by atoms with Gasteiger partial charge in [0.05, 0.1) is 5.69 Å². The van der Waals surface area contributed by atoms with E-state index in [4.69, 9.17) is 0 Å². The number of amides is 1. The van der Waals surface area contributed by atoms with Gasteiger partial charge in [-0.1, -0.05) is 6.92 Å². The van der Waals surface area contributed by atoms with Gasteiger partial charge < -0.3 is 9.80 Å². The van der Waals surface area contributed by atoms with E-state index in [-0.39, 0.29) is 17.6 Å². The Balaban J connectivity index is 2.19. The van der Waals surface area contributed by atoms with Gasteiger partial charge in [-0.25, -0.2) is 4.39 Å². The molecule has 1 aromatic rings. The van der Waals surface area contributed by atoms with E-state index in [1.54, 1.807) is 11.8 Å². The van der Waals surface area contributed by atoms with Crippen molar-refractivity contribution in [2.45, 2.75) is 32.7 Å². The minimum absolute atomic E-state index is 0.0829. The van der Waals surface area contributed by atoms with E-state index in [1.807, 2.05) is 14.0 Å². The third kappa shape index (κ3) is 2.78. The van der Waals surface area contributed by atoms with Crippen LogP contribution in [0.25, 0.3) is 0 Å². The fourth-order valence-electron chi connectivity index (χ4n) is 2.55. The number of nitrogens with zero attached hydrogens (tertiary/aromatic N) is 3. The summed E-state index contributed by atoms with van der Waals surface area (Å²) in [7, 11) is 2.04. The Labute approximate surface area is 112 Å². The number of rotatable bonds is 4. The molecular weight excluding hydrogens is 247 g/mol. The molecule has 2 heterocycles. The van der Waals surface area contributed by atoms with Crippen LogP contribution < -0.4 is 0 Å². The summed E-state index contributed by atoms with van der Waals surface area (Å²) < 4.78 is 13.8. The number of halogens is 1. The Kier molecular flexibility index (Phi) is 4.19. The van der Waals surface area contributed by atoms with Gasteiger partial charge in [0.15, 0.2) is 11.5 Å². The number of likely N-dealkylation sites (N-methyl/N-ethyl adjacent to an activating group) is 1. The summed E-state index contributed by atoms with van der Waals surface area (Å²) in [5, 5.41) is 6.34. The van der Waals surface area contributed by atoms with Gasteiger partial charge in [0, 0.05) is 19.1 Å². The molecule has 1 unspecified atom stereocenters. The molecule has 0 saturated carbocycles. The smallest absolute Gasteiger partial charge is 0.277 e. The van der Waals surface area contributed by atoms with Crippen LogP contribution in [-0.2, 0) is 0 Å². The maximum atomic E-state index is 13.8. The number of aromatic amines is 1. The van der Waals surface area contributed by atoms with E-state index in [1.165, 1.54) is 0 Å². The van der Waals surface area contributed by atoms with Crippen LogP contribution in [0.1, 0.15) is 35.9 Å². The van der Waals surface area contributed by atoms with E-state index < -0.39 is 5.82 Å². The second-order valence-corrected chi connectivity index (χ2v) is 5.21. The Hall–Kier alpha value is -1.43. The van der Waals surface area contributed by atoms with Gasteiger partial charge in [-0.2, -0.15) is 5.10 Å². The maximum Gasteiger partial charge on any atom is 0.277 e. The van der Waals surface area contributed by atoms with Crippen molar-refractivity contribution in [3.05, 3.63) is 17.2 Å². The molecule has 0 spiro atoms. The Morgan fingerprint density at radius 1 is 1.63 bits per heavy atom. The third-order valence-corrected chi connectivity index (χ3v) is 3.61. The van der Waals surface area contributed by atoms with Crippen LogP contribution in [0.3, 0.4) is 0 Å². The molecule has 1 fully saturated rings. The molecule has 1 saturated heterocycles. The first-order valence-corrected chi connectivity index (χ1v) is 6.74. The van der Waals surface area contributed by atoms with Gasteiger partial charge in [-0.15, -0.1) is 0 Å². The highest BCUT2D eigenvalue weighted by molar-refractivity contribution is 5.93. The first-order chi connectivity index (χ1) is 9.04. The number of hydrogen-bond acceptors (Lipinski definition) is 3. The highest BCUT2D eigenvalue weighted by atomic mass is 19.1. The van der Waals surface area contributed by atoms with E-state index in [0.717, 1.165) is 25.9 Å². The number of hydrogen-bond donors (Lipinski definition) is 1. The van der Waals surface area contributed by atoms with Gasteiger partial charge in [-0.3, -0.25) is 9.89 Å². The molecule has 1 aliphatic heterocycles. The number of aryl methyl sites for hydroxylation is 1. The van der Waals surface area contributed by atoms with Gasteiger partial charge in [-0.05, 0) is 33.4 Å². The van der Waals surface area contributed by atoms with E-state index in [0.29, 0.717) is 12.2 Å². The molecule has 0 radical (unpaired) electrons. The number of aromatic nitrogens is 2. The van der Waals surface area contributed by atoms with Gasteiger partial charge in [0.25, 0.3) is 5.91 Å². The van der Waals surface area contributed by atoms with Crippen molar-refractivity contribution < 1.29 is 9.18 Å². The lowest BCUT2D eigenvalue weighted by Gasteiger charge is -2.28. The summed E-state index contributed by atoms with van der Waals surface area (Å²) in [6.07, 6.45) is 1.80. The van der Waals surface area contributed by atoms with E-state index >= 15 is 0 Å². The molecule has 6 heteroatoms. The van der Waals surface area contributed by atoms with Gasteiger partial charge >= 0.3 is 0 Å². The molecule has 0 aliphatic carbocycles. The number of nitrogens with one attached hydrogen (secondary N) is 1. The van der Waals surface area contributed by atoms with Gasteiger partial charge in [0.1, 0.15) is 0 Å². The fourth-order valence-corrected chi connectivity index (χ4v) is 2.55. The van der Waals surface area contributed by atoms with Crippen molar-refractivity contribution >= 4 is 5.91 Å². The fraction of sp³-hybridized carbons (Fsp3) is 0.692. The van der Waals surface area contributed by atoms with Crippen molar-refractivity contribution in [2.75, 3.05) is 26.7 Å². The van der Waals surface area contributed by atoms with Gasteiger partial charge in [0.2, 0.25) is 0 Å². The standard InChI is InChI=1S/C13H21FN4O/c1-4-6-18(10-5-7-17(3)8-10)13(19)12-11(14)9(2)15-16-12/h10H,4-8H2,1-3H3,(H,15,16). The quantitative estimate of drug-likeness (QED) is 0.898. The molecule has 1 N–H and O–H groups in total. The zero-order valence-corrected chi connectivity index (χ0v) is 11.7. The zero-order chi connectivity index (χ0) is 14.0. The molecule has 0 aromatic carbocycles. The lowest BCUT2D eigenvalue weighted by Crippen LogP contribution is -2.42. The summed E-state index contributed by atoms with van der Waals surface area (Å²) in [6.45, 7) is 6.05. The van der Waals surface area contributed by atoms with Crippen LogP contribution >= 0.6 is 0 Å². The first-order valence-electron chi connectivity index (χ1n) is 6.74. The second kappa shape index (κ2) is 5.69. The molecule has 0 bridgehead atoms. The minimum atomic E-state index is -0.530. The van der Waals surface area contributed by atoms with E-state index in [2.05, 4.69) is 15.1 Å². The Bertz CT molecular complexity index is 459. The SMILES string of the molecule is CCCN(C(=O)c1n[nH]c(C)c1F)C1CCN(C)C1. The summed E-state index contributed by atoms with van der Waals surface area (Å²) in [5.74, 6) is -0.832. The van der Waals surface area contributed by atoms with Crippen molar-refractivity contribution in [3.8, 4) is 0 Å². The molecule has 1 amide bonds. The Morgan fingerprint density at radius 2 is 2.37 bits per heavy atom. The normalized spacial score (nSPS) is 19.9. The molecule has 1 aromatic heterocycles. The molecule has 1 atom stereocenters. The molecule has 1 aliphatic rings. The first kappa shape index (κ1) is 14.0. The van der Waals surface area contributed by atoms with Crippen molar-refractivity contribution in [1.82, 2.24) is 20.0 Å². The summed E-state index contributed by atoms with van der Waals surface area (Å²) >= 11 is 0. The third-order valence-electron chi connectivity index (χ3n) is 3.61. The predicted molar refractivity (Wildman–Crippen MR) is 70.5 cm³/mol. The van der Waals surface area contributed by atoms with E-state index in [9.17, 15) is 9.18 Å². The topological polar surface area (TPSA) is 52.2 Å². The highest BCUT2D eigenvalue weighted by Gasteiger charge is 2.31. The van der Waals surface area contributed by atoms with Crippen molar-refractivity contribution in [2.24, 2.45) is 0 Å². The van der Waals surface area contributed by atoms with Crippen LogP contribution in [0.15, 0.2) is 0 Å². The average molecular weight is 268 g/mol. The van der Waals surface area contributed by atoms with Crippen LogP contribution in [-0.4, -0.2) is 58.6 Å². The number of likely N-dealkylation sites (tertiary alicyclic amines) is 1. The summed E-state index contributed by atoms with van der Waals surface area (Å²) in [4.78, 5) is 16.4. The molecule has 2 rings (SSSR count). The number of H-pyrrole nitrogens is 1. The average Bonchev–Trinajstić information content (AvgIpc) is 2.94. The second-order valence-electron chi connectivity index (χ2n) is 5.21. The highest BCUT2D eigenvalue weighted by Crippen LogP contribution is 2.18. The van der Waals surface area contributed by atoms with Crippen LogP contribution in [0.2, 0.25) is 0 Å².